The topological polar surface area (TPSA) is 80.3 Å². The van der Waals surface area contributed by atoms with Crippen molar-refractivity contribution in [2.75, 3.05) is 11.9 Å². The van der Waals surface area contributed by atoms with Crippen LogP contribution in [-0.4, -0.2) is 23.3 Å². The van der Waals surface area contributed by atoms with Gasteiger partial charge in [-0.2, -0.15) is 0 Å². The largest absolute Gasteiger partial charge is 0.494 e. The smallest absolute Gasteiger partial charge is 0.255 e. The highest BCUT2D eigenvalue weighted by molar-refractivity contribution is 9.10. The SMILES string of the molecule is CCOc1ccc([C@H]2C(C(=O)Nc3ccc(Br)cn3)=C(C)NC3=C2C(=O)CCC3)cc1. The fraction of sp³-hybridized carbons (Fsp3) is 0.292. The molecule has 2 heterocycles. The third-order valence-electron chi connectivity index (χ3n) is 5.51. The second-order valence-corrected chi connectivity index (χ2v) is 8.50. The zero-order chi connectivity index (χ0) is 22.0. The molecule has 0 saturated carbocycles. The molecule has 0 fully saturated rings. The lowest BCUT2D eigenvalue weighted by Gasteiger charge is -2.34. The number of pyridine rings is 1. The minimum atomic E-state index is -0.435. The van der Waals surface area contributed by atoms with E-state index in [2.05, 4.69) is 31.5 Å². The number of Topliss-reactive ketones (excluding diaryl/α,β-unsaturated/α-hetero) is 1. The van der Waals surface area contributed by atoms with Crippen LogP contribution in [0.2, 0.25) is 0 Å². The standard InChI is InChI=1S/C24H24BrN3O3/c1-3-31-17-10-7-15(8-11-17)22-21(24(30)28-20-12-9-16(25)13-26-20)14(2)27-18-5-4-6-19(29)23(18)22/h7-13,22,27H,3-6H2,1-2H3,(H,26,28,30)/t22-/m0/s1. The summed E-state index contributed by atoms with van der Waals surface area (Å²) < 4.78 is 6.39. The fourth-order valence-corrected chi connectivity index (χ4v) is 4.41. The molecular weight excluding hydrogens is 458 g/mol. The number of amides is 1. The Labute approximate surface area is 189 Å². The van der Waals surface area contributed by atoms with Gasteiger partial charge in [0.15, 0.2) is 5.78 Å². The number of carbonyl (C=O) groups is 2. The molecule has 2 aliphatic rings. The van der Waals surface area contributed by atoms with E-state index in [0.29, 0.717) is 30.0 Å². The van der Waals surface area contributed by atoms with E-state index in [-0.39, 0.29) is 11.7 Å². The summed E-state index contributed by atoms with van der Waals surface area (Å²) in [6, 6.07) is 11.2. The van der Waals surface area contributed by atoms with Crippen molar-refractivity contribution in [1.29, 1.82) is 0 Å². The summed E-state index contributed by atoms with van der Waals surface area (Å²) in [6.07, 6.45) is 3.74. The number of hydrogen-bond donors (Lipinski definition) is 2. The minimum Gasteiger partial charge on any atom is -0.494 e. The molecule has 4 rings (SSSR count). The van der Waals surface area contributed by atoms with Gasteiger partial charge in [-0.05, 0) is 72.4 Å². The van der Waals surface area contributed by atoms with Crippen molar-refractivity contribution < 1.29 is 14.3 Å². The van der Waals surface area contributed by atoms with Crippen LogP contribution in [0.3, 0.4) is 0 Å². The maximum atomic E-state index is 13.4. The Morgan fingerprint density at radius 1 is 1.23 bits per heavy atom. The number of dihydropyridines is 1. The average Bonchev–Trinajstić information content (AvgIpc) is 2.75. The predicted octanol–water partition coefficient (Wildman–Crippen LogP) is 4.85. The van der Waals surface area contributed by atoms with Gasteiger partial charge in [-0.3, -0.25) is 9.59 Å². The normalized spacial score (nSPS) is 18.4. The molecule has 0 saturated heterocycles. The number of ether oxygens (including phenoxy) is 1. The number of nitrogens with one attached hydrogen (secondary N) is 2. The summed E-state index contributed by atoms with van der Waals surface area (Å²) in [5, 5.41) is 6.21. The van der Waals surface area contributed by atoms with Gasteiger partial charge in [0.1, 0.15) is 11.6 Å². The lowest BCUT2D eigenvalue weighted by atomic mass is 9.75. The van der Waals surface area contributed by atoms with E-state index in [0.717, 1.165) is 40.0 Å². The van der Waals surface area contributed by atoms with E-state index in [9.17, 15) is 9.59 Å². The number of halogens is 1. The van der Waals surface area contributed by atoms with Crippen LogP contribution < -0.4 is 15.4 Å². The van der Waals surface area contributed by atoms with Gasteiger partial charge in [0.25, 0.3) is 5.91 Å². The van der Waals surface area contributed by atoms with Gasteiger partial charge < -0.3 is 15.4 Å². The predicted molar refractivity (Wildman–Crippen MR) is 123 cm³/mol. The van der Waals surface area contributed by atoms with Crippen LogP contribution in [0.1, 0.15) is 44.6 Å². The molecule has 1 amide bonds. The molecule has 1 atom stereocenters. The van der Waals surface area contributed by atoms with E-state index in [1.165, 1.54) is 0 Å². The Kier molecular flexibility index (Phi) is 6.23. The molecule has 1 aliphatic carbocycles. The quantitative estimate of drug-likeness (QED) is 0.637. The molecule has 7 heteroatoms. The van der Waals surface area contributed by atoms with Gasteiger partial charge >= 0.3 is 0 Å². The second kappa shape index (κ2) is 9.06. The van der Waals surface area contributed by atoms with E-state index >= 15 is 0 Å². The number of aromatic nitrogens is 1. The van der Waals surface area contributed by atoms with Gasteiger partial charge in [-0.25, -0.2) is 4.98 Å². The average molecular weight is 482 g/mol. The zero-order valence-corrected chi connectivity index (χ0v) is 19.1. The number of allylic oxidation sites excluding steroid dienone is 3. The number of rotatable bonds is 5. The first-order valence-corrected chi connectivity index (χ1v) is 11.2. The number of nitrogens with zero attached hydrogens (tertiary/aromatic N) is 1. The molecule has 2 N–H and O–H groups in total. The molecule has 6 nitrogen and oxygen atoms in total. The lowest BCUT2D eigenvalue weighted by Crippen LogP contribution is -2.35. The van der Waals surface area contributed by atoms with Crippen molar-refractivity contribution in [2.24, 2.45) is 0 Å². The number of benzene rings is 1. The van der Waals surface area contributed by atoms with Crippen LogP contribution in [0.15, 0.2) is 69.6 Å². The van der Waals surface area contributed by atoms with E-state index in [1.807, 2.05) is 44.2 Å². The van der Waals surface area contributed by atoms with Gasteiger partial charge in [0.05, 0.1) is 6.61 Å². The number of hydrogen-bond acceptors (Lipinski definition) is 5. The van der Waals surface area contributed by atoms with Crippen LogP contribution in [0.25, 0.3) is 0 Å². The molecule has 0 spiro atoms. The summed E-state index contributed by atoms with van der Waals surface area (Å²) in [5.41, 5.74) is 3.78. The Balaban J connectivity index is 1.74. The van der Waals surface area contributed by atoms with Crippen LogP contribution in [0.4, 0.5) is 5.82 Å². The highest BCUT2D eigenvalue weighted by Gasteiger charge is 2.38. The first kappa shape index (κ1) is 21.3. The van der Waals surface area contributed by atoms with Crippen molar-refractivity contribution >= 4 is 33.4 Å². The van der Waals surface area contributed by atoms with Crippen LogP contribution >= 0.6 is 15.9 Å². The van der Waals surface area contributed by atoms with Crippen molar-refractivity contribution in [1.82, 2.24) is 10.3 Å². The van der Waals surface area contributed by atoms with Crippen LogP contribution in [0, 0.1) is 0 Å². The molecular formula is C24H24BrN3O3. The summed E-state index contributed by atoms with van der Waals surface area (Å²) in [7, 11) is 0. The van der Waals surface area contributed by atoms with Crippen molar-refractivity contribution in [3.63, 3.8) is 0 Å². The summed E-state index contributed by atoms with van der Waals surface area (Å²) in [4.78, 5) is 30.6. The third kappa shape index (κ3) is 4.42. The lowest BCUT2D eigenvalue weighted by molar-refractivity contribution is -0.116. The Morgan fingerprint density at radius 3 is 2.68 bits per heavy atom. The number of carbonyl (C=O) groups excluding carboxylic acids is 2. The number of anilines is 1. The Morgan fingerprint density at radius 2 is 2.00 bits per heavy atom. The minimum absolute atomic E-state index is 0.0900. The van der Waals surface area contributed by atoms with Gasteiger partial charge in [0.2, 0.25) is 0 Å². The van der Waals surface area contributed by atoms with Crippen molar-refractivity contribution in [2.45, 2.75) is 39.0 Å². The summed E-state index contributed by atoms with van der Waals surface area (Å²) in [6.45, 7) is 4.39. The molecule has 31 heavy (non-hydrogen) atoms. The van der Waals surface area contributed by atoms with Gasteiger partial charge in [-0.15, -0.1) is 0 Å². The van der Waals surface area contributed by atoms with Crippen LogP contribution in [0.5, 0.6) is 5.75 Å². The number of ketones is 1. The second-order valence-electron chi connectivity index (χ2n) is 7.58. The first-order chi connectivity index (χ1) is 15.0. The van der Waals surface area contributed by atoms with Crippen LogP contribution in [-0.2, 0) is 9.59 Å². The van der Waals surface area contributed by atoms with Gasteiger partial charge in [0, 0.05) is 45.5 Å². The molecule has 0 unspecified atom stereocenters. The van der Waals surface area contributed by atoms with E-state index in [1.54, 1.807) is 12.3 Å². The summed E-state index contributed by atoms with van der Waals surface area (Å²) in [5.74, 6) is 0.592. The molecule has 1 aromatic heterocycles. The molecule has 1 aliphatic heterocycles. The molecule has 2 aromatic rings. The first-order valence-electron chi connectivity index (χ1n) is 10.4. The van der Waals surface area contributed by atoms with E-state index in [4.69, 9.17) is 4.74 Å². The maximum absolute atomic E-state index is 13.4. The molecule has 0 radical (unpaired) electrons. The zero-order valence-electron chi connectivity index (χ0n) is 17.5. The van der Waals surface area contributed by atoms with Gasteiger partial charge in [-0.1, -0.05) is 12.1 Å². The summed E-state index contributed by atoms with van der Waals surface area (Å²) >= 11 is 3.35. The maximum Gasteiger partial charge on any atom is 0.255 e. The Hall–Kier alpha value is -2.93. The highest BCUT2D eigenvalue weighted by Crippen LogP contribution is 2.42. The monoisotopic (exact) mass is 481 g/mol. The Bertz CT molecular complexity index is 1070. The fourth-order valence-electron chi connectivity index (χ4n) is 4.17. The third-order valence-corrected chi connectivity index (χ3v) is 5.98. The highest BCUT2D eigenvalue weighted by atomic mass is 79.9. The van der Waals surface area contributed by atoms with E-state index < -0.39 is 5.92 Å². The molecule has 0 bridgehead atoms. The molecule has 1 aromatic carbocycles. The van der Waals surface area contributed by atoms with Crippen molar-refractivity contribution in [3.05, 3.63) is 75.2 Å². The molecule has 160 valence electrons. The van der Waals surface area contributed by atoms with Crippen molar-refractivity contribution in [3.8, 4) is 5.75 Å².